The molecule has 79 heavy (non-hydrogen) atoms. The number of rotatable bonds is 11. The molecule has 13 rings (SSSR count). The van der Waals surface area contributed by atoms with Gasteiger partial charge in [-0.1, -0.05) is 0 Å². The molecule has 20 nitrogen and oxygen atoms in total. The van der Waals surface area contributed by atoms with Crippen molar-refractivity contribution >= 4 is 63.8 Å². The highest BCUT2D eigenvalue weighted by atomic mass is 19.3. The number of anilines is 2. The molecule has 412 valence electrons. The predicted molar refractivity (Wildman–Crippen MR) is 282 cm³/mol. The van der Waals surface area contributed by atoms with Crippen molar-refractivity contribution in [3.05, 3.63) is 93.6 Å². The normalized spacial score (nSPS) is 21.2. The Morgan fingerprint density at radius 1 is 0.759 bits per heavy atom. The lowest BCUT2D eigenvalue weighted by molar-refractivity contribution is -0.139. The van der Waals surface area contributed by atoms with Gasteiger partial charge in [-0.2, -0.15) is 5.10 Å². The number of nitrogens with zero attached hydrogens (tertiary/aromatic N) is 11. The van der Waals surface area contributed by atoms with Gasteiger partial charge in [-0.25, -0.2) is 8.78 Å². The fraction of sp³-hybridized carbons (Fsp3) is 0.491. The average Bonchev–Trinajstić information content (AvgIpc) is 4.42. The quantitative estimate of drug-likeness (QED) is 0.185. The van der Waals surface area contributed by atoms with E-state index in [0.717, 1.165) is 70.0 Å². The number of hydrogen-bond acceptors (Lipinski definition) is 13. The van der Waals surface area contributed by atoms with Crippen LogP contribution in [0.5, 0.6) is 0 Å². The summed E-state index contributed by atoms with van der Waals surface area (Å²) in [7, 11) is 0. The van der Waals surface area contributed by atoms with Crippen LogP contribution in [0.3, 0.4) is 0 Å². The first kappa shape index (κ1) is 51.0. The molecule has 2 aromatic carbocycles. The second-order valence-electron chi connectivity index (χ2n) is 22.5. The number of imide groups is 2. The number of hydrogen-bond donors (Lipinski definition) is 1. The number of aromatic nitrogens is 4. The number of pyridine rings is 1. The minimum atomic E-state index is -2.80. The van der Waals surface area contributed by atoms with E-state index in [1.165, 1.54) is 0 Å². The van der Waals surface area contributed by atoms with Gasteiger partial charge < -0.3 is 28.9 Å². The molecule has 0 saturated carbocycles. The number of carbonyl (C=O) groups excluding carboxylic acids is 7. The van der Waals surface area contributed by atoms with Gasteiger partial charge in [0, 0.05) is 163 Å². The van der Waals surface area contributed by atoms with Crippen molar-refractivity contribution in [3.63, 3.8) is 0 Å². The summed E-state index contributed by atoms with van der Waals surface area (Å²) in [6, 6.07) is 7.88. The fourth-order valence-corrected chi connectivity index (χ4v) is 13.4. The van der Waals surface area contributed by atoms with Gasteiger partial charge >= 0.3 is 0 Å². The van der Waals surface area contributed by atoms with E-state index in [1.807, 2.05) is 42.5 Å². The lowest BCUT2D eigenvalue weighted by atomic mass is 9.91. The minimum absolute atomic E-state index is 0.00382. The van der Waals surface area contributed by atoms with Gasteiger partial charge in [0.05, 0.1) is 35.8 Å². The van der Waals surface area contributed by atoms with Crippen LogP contribution in [0.15, 0.2) is 48.9 Å². The van der Waals surface area contributed by atoms with Gasteiger partial charge in [0.2, 0.25) is 29.5 Å². The first-order valence-electron chi connectivity index (χ1n) is 27.7. The maximum Gasteiger partial charge on any atom is 0.264 e. The third-order valence-corrected chi connectivity index (χ3v) is 17.6. The summed E-state index contributed by atoms with van der Waals surface area (Å²) < 4.78 is 40.7. The van der Waals surface area contributed by atoms with Crippen molar-refractivity contribution in [3.8, 4) is 11.1 Å². The fourth-order valence-electron chi connectivity index (χ4n) is 13.4. The molecule has 22 heteroatoms. The smallest absolute Gasteiger partial charge is 0.264 e. The van der Waals surface area contributed by atoms with Crippen molar-refractivity contribution in [2.24, 2.45) is 5.92 Å². The zero-order chi connectivity index (χ0) is 54.4. The summed E-state index contributed by atoms with van der Waals surface area (Å²) in [6.45, 7) is 10.1. The van der Waals surface area contributed by atoms with Crippen LogP contribution in [0.4, 0.5) is 20.3 Å². The van der Waals surface area contributed by atoms with Crippen LogP contribution < -0.4 is 10.2 Å². The lowest BCUT2D eigenvalue weighted by Crippen LogP contribution is -2.57. The monoisotopic (exact) mass is 1080 g/mol. The summed E-state index contributed by atoms with van der Waals surface area (Å²) >= 11 is 0. The molecule has 0 radical (unpaired) electrons. The number of carbonyl (C=O) groups is 7. The molecule has 4 fully saturated rings. The molecule has 8 aliphatic heterocycles. The number of benzene rings is 2. The summed E-state index contributed by atoms with van der Waals surface area (Å²) in [4.78, 5) is 108. The second-order valence-corrected chi connectivity index (χ2v) is 22.5. The number of amides is 7. The standard InChI is InChI=1S/C57H62F2N12O8/c1-33(72)66-12-7-47-45(30-66)54(62-71(47)38-8-17-79-18-9-38)69-11-2-3-35-19-39(40(53(58)59)22-49(35)69)44-29-67(46-6-10-60-23-43(44)46)32-52(75)68-25-34(26-68)24-63-13-15-65(16-14-63)51(74)31-64-27-36-20-41-42(21-37(36)28-64)57(78)70(56(41)77)48-4-5-50(73)61-55(48)76/h6,10,19-23,29,34,38,48,53H,2-5,7-9,11-18,24-28,30-32H2,1H3,(H,61,73,76). The summed E-state index contributed by atoms with van der Waals surface area (Å²) in [5.74, 6) is -1.25. The van der Waals surface area contributed by atoms with Gasteiger partial charge in [0.1, 0.15) is 12.6 Å². The zero-order valence-corrected chi connectivity index (χ0v) is 44.1. The van der Waals surface area contributed by atoms with Crippen molar-refractivity contribution in [2.75, 3.05) is 83.6 Å². The molecule has 1 unspecified atom stereocenters. The minimum Gasteiger partial charge on any atom is -0.381 e. The number of piperidine rings is 1. The molecular weight excluding hydrogens is 1020 g/mol. The third-order valence-electron chi connectivity index (χ3n) is 17.6. The van der Waals surface area contributed by atoms with E-state index < -0.39 is 36.1 Å². The zero-order valence-electron chi connectivity index (χ0n) is 44.1. The van der Waals surface area contributed by atoms with Crippen LogP contribution in [0.2, 0.25) is 0 Å². The largest absolute Gasteiger partial charge is 0.381 e. The van der Waals surface area contributed by atoms with E-state index in [1.54, 1.807) is 37.5 Å². The number of ether oxygens (including phenoxy) is 1. The van der Waals surface area contributed by atoms with E-state index in [-0.39, 0.29) is 72.3 Å². The number of halogens is 2. The number of alkyl halides is 2. The van der Waals surface area contributed by atoms with Crippen LogP contribution in [-0.2, 0) is 67.7 Å². The van der Waals surface area contributed by atoms with Crippen LogP contribution in [0, 0.1) is 5.92 Å². The van der Waals surface area contributed by atoms with Gasteiger partial charge in [0.25, 0.3) is 18.2 Å². The molecule has 11 heterocycles. The first-order chi connectivity index (χ1) is 38.2. The molecule has 1 N–H and O–H groups in total. The molecule has 0 spiro atoms. The SMILES string of the molecule is CC(=O)N1CCc2c(c(N3CCCc4cc(-c5cn(CC(=O)N6CC(CN7CCN(C(=O)CN8Cc9cc%10c(cc9C8)C(=O)N(C8CCC(=O)NC8=O)C%10=O)CC7)C6)c6ccncc56)c(C(F)F)cc43)nn2C2CCOCC2)C1. The maximum absolute atomic E-state index is 15.5. The Morgan fingerprint density at radius 2 is 1.48 bits per heavy atom. The topological polar surface area (TPSA) is 199 Å². The predicted octanol–water partition coefficient (Wildman–Crippen LogP) is 4.20. The molecular formula is C57H62F2N12O8. The maximum atomic E-state index is 15.5. The molecule has 7 amide bonds. The van der Waals surface area contributed by atoms with Crippen LogP contribution in [0.25, 0.3) is 22.0 Å². The van der Waals surface area contributed by atoms with Crippen LogP contribution >= 0.6 is 0 Å². The van der Waals surface area contributed by atoms with E-state index in [2.05, 4.69) is 24.8 Å². The molecule has 4 saturated heterocycles. The number of aryl methyl sites for hydroxylation is 1. The Kier molecular flexibility index (Phi) is 13.1. The highest BCUT2D eigenvalue weighted by Gasteiger charge is 2.46. The van der Waals surface area contributed by atoms with Gasteiger partial charge in [-0.3, -0.25) is 63.2 Å². The molecule has 1 atom stereocenters. The summed E-state index contributed by atoms with van der Waals surface area (Å²) in [5.41, 5.74) is 7.51. The molecule has 0 aliphatic carbocycles. The van der Waals surface area contributed by atoms with Gasteiger partial charge in [0.15, 0.2) is 5.82 Å². The van der Waals surface area contributed by atoms with E-state index in [4.69, 9.17) is 9.84 Å². The molecule has 3 aromatic heterocycles. The lowest BCUT2D eigenvalue weighted by Gasteiger charge is -2.43. The van der Waals surface area contributed by atoms with Crippen molar-refractivity contribution in [1.29, 1.82) is 0 Å². The highest BCUT2D eigenvalue weighted by Crippen LogP contribution is 2.45. The average molecular weight is 1080 g/mol. The number of nitrogens with one attached hydrogen (secondary N) is 1. The van der Waals surface area contributed by atoms with Crippen LogP contribution in [-0.4, -0.2) is 175 Å². The number of likely N-dealkylation sites (tertiary alicyclic amines) is 1. The Morgan fingerprint density at radius 3 is 2.19 bits per heavy atom. The van der Waals surface area contributed by atoms with E-state index >= 15 is 8.78 Å². The molecule has 0 bridgehead atoms. The van der Waals surface area contributed by atoms with E-state index in [9.17, 15) is 33.6 Å². The second kappa shape index (κ2) is 20.3. The summed E-state index contributed by atoms with van der Waals surface area (Å²) in [5, 5.41) is 8.15. The molecule has 5 aromatic rings. The van der Waals surface area contributed by atoms with Crippen LogP contribution in [0.1, 0.15) is 106 Å². The Labute approximate surface area is 454 Å². The summed E-state index contributed by atoms with van der Waals surface area (Å²) in [6.07, 6.45) is 6.30. The van der Waals surface area contributed by atoms with Crippen molar-refractivity contribution in [2.45, 2.75) is 96.6 Å². The Balaban J connectivity index is 0.629. The van der Waals surface area contributed by atoms with Crippen molar-refractivity contribution < 1.29 is 47.1 Å². The number of fused-ring (bicyclic) bond motifs is 5. The third kappa shape index (κ3) is 9.23. The van der Waals surface area contributed by atoms with E-state index in [0.29, 0.717) is 120 Å². The number of piperazine rings is 1. The Hall–Kier alpha value is -7.43. The van der Waals surface area contributed by atoms with Gasteiger partial charge in [-0.05, 0) is 84.7 Å². The molecule has 8 aliphatic rings. The van der Waals surface area contributed by atoms with Gasteiger partial charge in [-0.15, -0.1) is 0 Å². The van der Waals surface area contributed by atoms with Crippen molar-refractivity contribution in [1.82, 2.24) is 54.0 Å². The Bertz CT molecular complexity index is 3330. The highest BCUT2D eigenvalue weighted by molar-refractivity contribution is 6.23. The first-order valence-corrected chi connectivity index (χ1v) is 27.7.